The van der Waals surface area contributed by atoms with Gasteiger partial charge in [-0.05, 0) is 52.8 Å². The number of hydrogen-bond donors (Lipinski definition) is 4. The number of rotatable bonds is 16. The zero-order valence-corrected chi connectivity index (χ0v) is 26.6. The molecule has 1 aliphatic rings. The minimum absolute atomic E-state index is 0. The van der Waals surface area contributed by atoms with Gasteiger partial charge in [0.15, 0.2) is 0 Å². The Balaban J connectivity index is 0.00000576. The van der Waals surface area contributed by atoms with E-state index in [0.29, 0.717) is 31.7 Å². The summed E-state index contributed by atoms with van der Waals surface area (Å²) >= 11 is 0. The molecule has 2 atom stereocenters. The molecule has 0 spiro atoms. The fourth-order valence-corrected chi connectivity index (χ4v) is 5.52. The van der Waals surface area contributed by atoms with Crippen molar-refractivity contribution in [1.82, 2.24) is 5.32 Å². The van der Waals surface area contributed by atoms with E-state index in [0.717, 1.165) is 27.8 Å². The van der Waals surface area contributed by atoms with Crippen molar-refractivity contribution in [3.8, 4) is 16.9 Å². The van der Waals surface area contributed by atoms with Gasteiger partial charge in [-0.25, -0.2) is 4.79 Å². The van der Waals surface area contributed by atoms with Crippen molar-refractivity contribution in [3.05, 3.63) is 102 Å². The Labute approximate surface area is 275 Å². The Morgan fingerprint density at radius 1 is 0.978 bits per heavy atom. The molecule has 0 fully saturated rings. The van der Waals surface area contributed by atoms with Crippen molar-refractivity contribution in [2.75, 3.05) is 26.9 Å². The van der Waals surface area contributed by atoms with Crippen LogP contribution in [0, 0.1) is 5.92 Å². The van der Waals surface area contributed by atoms with Gasteiger partial charge < -0.3 is 31.9 Å². The minimum Gasteiger partial charge on any atom is -1.00 e. The monoisotopic (exact) mass is 648 g/mol. The maximum Gasteiger partial charge on any atom is 0.338 e. The lowest BCUT2D eigenvalue weighted by molar-refractivity contribution is -0.459. The fraction of sp³-hybridized carbons (Fsp3) is 0.314. The van der Waals surface area contributed by atoms with Gasteiger partial charge in [0.05, 0.1) is 20.1 Å². The van der Waals surface area contributed by atoms with E-state index in [4.69, 9.17) is 25.7 Å². The molecule has 0 aromatic heterocycles. The Morgan fingerprint density at radius 2 is 1.61 bits per heavy atom. The van der Waals surface area contributed by atoms with E-state index in [9.17, 15) is 14.4 Å². The summed E-state index contributed by atoms with van der Waals surface area (Å²) < 4.78 is 16.3. The maximum absolute atomic E-state index is 13.6. The third-order valence-electron chi connectivity index (χ3n) is 7.75. The number of hydrogen-bond acceptors (Lipinski definition) is 6. The van der Waals surface area contributed by atoms with Gasteiger partial charge in [-0.15, -0.1) is 0 Å². The number of amides is 1. The second-order valence-corrected chi connectivity index (χ2v) is 10.9. The number of halogens is 1. The topological polar surface area (TPSA) is 157 Å². The number of nitrogens with one attached hydrogen (secondary N) is 2. The fourth-order valence-electron chi connectivity index (χ4n) is 5.52. The third kappa shape index (κ3) is 9.58. The highest BCUT2D eigenvalue weighted by Gasteiger charge is 2.31. The van der Waals surface area contributed by atoms with Gasteiger partial charge in [-0.2, -0.15) is 0 Å². The molecule has 0 unspecified atom stereocenters. The van der Waals surface area contributed by atoms with Crippen molar-refractivity contribution in [3.63, 3.8) is 0 Å². The number of methoxy groups -OCH3 is 1. The predicted molar refractivity (Wildman–Crippen MR) is 171 cm³/mol. The van der Waals surface area contributed by atoms with Gasteiger partial charge in [-0.1, -0.05) is 73.3 Å². The zero-order valence-electron chi connectivity index (χ0n) is 25.9. The molecule has 0 saturated heterocycles. The summed E-state index contributed by atoms with van der Waals surface area (Å²) in [6.07, 6.45) is 2.52. The Morgan fingerprint density at radius 3 is 2.20 bits per heavy atom. The molecule has 6 N–H and O–H groups in total. The number of carbonyl (C=O) groups excluding carboxylic acids is 3. The van der Waals surface area contributed by atoms with E-state index in [1.165, 1.54) is 7.11 Å². The second-order valence-electron chi connectivity index (χ2n) is 10.9. The van der Waals surface area contributed by atoms with Gasteiger partial charge in [0.2, 0.25) is 5.91 Å². The first kappa shape index (κ1) is 35.6. The molecular weight excluding hydrogens is 608 g/mol. The van der Waals surface area contributed by atoms with Crippen LogP contribution in [-0.4, -0.2) is 56.7 Å². The molecule has 1 aliphatic carbocycles. The van der Waals surface area contributed by atoms with E-state index in [-0.39, 0.29) is 43.7 Å². The molecule has 0 bridgehead atoms. The average molecular weight is 649 g/mol. The molecule has 0 saturated carbocycles. The van der Waals surface area contributed by atoms with E-state index in [1.807, 2.05) is 48.5 Å². The molecule has 0 radical (unpaired) electrons. The number of guanidine groups is 1. The molecule has 10 nitrogen and oxygen atoms in total. The molecule has 3 aromatic rings. The summed E-state index contributed by atoms with van der Waals surface area (Å²) in [5, 5.41) is 2.80. The van der Waals surface area contributed by atoms with Crippen LogP contribution in [-0.2, 0) is 30.3 Å². The smallest absolute Gasteiger partial charge is 0.338 e. The van der Waals surface area contributed by atoms with E-state index >= 15 is 0 Å². The lowest BCUT2D eigenvalue weighted by Crippen LogP contribution is -3.00. The minimum atomic E-state index is -0.960. The van der Waals surface area contributed by atoms with Crippen molar-refractivity contribution in [1.29, 1.82) is 0 Å². The molecular formula is C35H41ClN4O6. The van der Waals surface area contributed by atoms with Crippen molar-refractivity contribution in [2.45, 2.75) is 37.6 Å². The van der Waals surface area contributed by atoms with Crippen LogP contribution in [0.4, 0.5) is 0 Å². The maximum atomic E-state index is 13.6. The van der Waals surface area contributed by atoms with Crippen LogP contribution in [0.25, 0.3) is 11.1 Å². The molecule has 11 heteroatoms. The van der Waals surface area contributed by atoms with Gasteiger partial charge in [-0.3, -0.25) is 26.0 Å². The summed E-state index contributed by atoms with van der Waals surface area (Å²) in [6.45, 7) is 4.57. The number of ether oxygens (including phenoxy) is 3. The van der Waals surface area contributed by atoms with Crippen molar-refractivity contribution < 1.29 is 46.0 Å². The van der Waals surface area contributed by atoms with E-state index in [2.05, 4.69) is 29.0 Å². The number of benzene rings is 3. The largest absolute Gasteiger partial charge is 1.00 e. The van der Waals surface area contributed by atoms with Gasteiger partial charge in [0, 0.05) is 18.3 Å². The summed E-state index contributed by atoms with van der Waals surface area (Å²) in [5.74, 6) is -1.68. The summed E-state index contributed by atoms with van der Waals surface area (Å²) in [6, 6.07) is 22.4. The SMILES string of the molecule is C=CCOc1ccc(C[C@H](NC(=O)[C@@H](CCC[NH+]=C(N)N)CC(=O)OCC2c3ccccc3-c3ccccc32)C(=O)OC)cc1.[Cl-]. The first-order chi connectivity index (χ1) is 21.8. The Hall–Kier alpha value is -4.83. The van der Waals surface area contributed by atoms with Crippen LogP contribution in [0.3, 0.4) is 0 Å². The zero-order chi connectivity index (χ0) is 32.2. The molecule has 1 amide bonds. The number of carbonyl (C=O) groups is 3. The average Bonchev–Trinajstić information content (AvgIpc) is 3.37. The lowest BCUT2D eigenvalue weighted by Gasteiger charge is -2.21. The first-order valence-electron chi connectivity index (χ1n) is 15.0. The molecule has 46 heavy (non-hydrogen) atoms. The third-order valence-corrected chi connectivity index (χ3v) is 7.75. The highest BCUT2D eigenvalue weighted by molar-refractivity contribution is 5.88. The molecule has 4 rings (SSSR count). The number of nitrogens with two attached hydrogens (primary N) is 2. The normalized spacial score (nSPS) is 12.7. The van der Waals surface area contributed by atoms with Crippen LogP contribution in [0.1, 0.15) is 41.9 Å². The predicted octanol–water partition coefficient (Wildman–Crippen LogP) is -1.05. The highest BCUT2D eigenvalue weighted by Crippen LogP contribution is 2.44. The lowest BCUT2D eigenvalue weighted by atomic mass is 9.96. The van der Waals surface area contributed by atoms with Gasteiger partial charge in [0.25, 0.3) is 0 Å². The first-order valence-corrected chi connectivity index (χ1v) is 15.0. The van der Waals surface area contributed by atoms with Crippen LogP contribution in [0.5, 0.6) is 5.75 Å². The van der Waals surface area contributed by atoms with Crippen LogP contribution in [0.15, 0.2) is 85.5 Å². The number of esters is 2. The summed E-state index contributed by atoms with van der Waals surface area (Å²) in [5.41, 5.74) is 16.3. The molecule has 3 aromatic carbocycles. The van der Waals surface area contributed by atoms with Crippen LogP contribution >= 0.6 is 0 Å². The van der Waals surface area contributed by atoms with Crippen molar-refractivity contribution >= 4 is 23.8 Å². The quantitative estimate of drug-likeness (QED) is 0.0504. The number of fused-ring (bicyclic) bond motifs is 3. The Bertz CT molecular complexity index is 1480. The molecule has 0 aliphatic heterocycles. The highest BCUT2D eigenvalue weighted by atomic mass is 35.5. The molecule has 244 valence electrons. The van der Waals surface area contributed by atoms with Crippen LogP contribution in [0.2, 0.25) is 0 Å². The van der Waals surface area contributed by atoms with E-state index < -0.39 is 29.8 Å². The van der Waals surface area contributed by atoms with Crippen molar-refractivity contribution in [2.24, 2.45) is 17.4 Å². The van der Waals surface area contributed by atoms with Gasteiger partial charge >= 0.3 is 17.9 Å². The Kier molecular flexibility index (Phi) is 13.6. The second kappa shape index (κ2) is 17.6. The molecule has 0 heterocycles. The standard InChI is InChI=1S/C35H40N4O6.ClH/c1-3-19-44-25-16-14-23(15-17-25)20-31(34(42)43-2)39-33(41)24(9-8-18-38-35(36)37)21-32(40)45-22-30-28-12-6-4-10-26(28)27-11-5-7-13-29(27)30;/h3-7,10-17,24,30-31H,1,8-9,18-22H2,2H3,(H,39,41)(H4,36,37,38);1H/t24-,31-;/m0./s1. The van der Waals surface area contributed by atoms with Crippen LogP contribution < -0.4 is 38.9 Å². The van der Waals surface area contributed by atoms with Gasteiger partial charge in [0.1, 0.15) is 25.0 Å². The summed E-state index contributed by atoms with van der Waals surface area (Å²) in [7, 11) is 1.27. The van der Waals surface area contributed by atoms with E-state index in [1.54, 1.807) is 18.2 Å². The summed E-state index contributed by atoms with van der Waals surface area (Å²) in [4.78, 5) is 42.3.